The molecule has 1 N–H and O–H groups in total. The predicted molar refractivity (Wildman–Crippen MR) is 63.1 cm³/mol. The van der Waals surface area contributed by atoms with Gasteiger partial charge in [-0.3, -0.25) is 4.99 Å². The van der Waals surface area contributed by atoms with Crippen molar-refractivity contribution in [3.8, 4) is 0 Å². The van der Waals surface area contributed by atoms with Gasteiger partial charge in [-0.25, -0.2) is 0 Å². The maximum atomic E-state index is 4.27. The first kappa shape index (κ1) is 11.7. The minimum absolute atomic E-state index is 0.786. The molecule has 0 amide bonds. The Morgan fingerprint density at radius 2 is 2.21 bits per heavy atom. The summed E-state index contributed by atoms with van der Waals surface area (Å²) in [5.41, 5.74) is 1.42. The summed E-state index contributed by atoms with van der Waals surface area (Å²) < 4.78 is 0. The number of hydrogen-bond acceptors (Lipinski definition) is 2. The summed E-state index contributed by atoms with van der Waals surface area (Å²) in [5, 5.41) is 3.38. The number of nitrogens with zero attached hydrogens (tertiary/aromatic N) is 1. The minimum atomic E-state index is 0.786. The van der Waals surface area contributed by atoms with E-state index in [0.717, 1.165) is 12.6 Å². The molecule has 2 rings (SSSR count). The molecule has 82 valence electrons. The van der Waals surface area contributed by atoms with Gasteiger partial charge in [0.2, 0.25) is 0 Å². The van der Waals surface area contributed by atoms with E-state index in [0.29, 0.717) is 0 Å². The highest BCUT2D eigenvalue weighted by Crippen LogP contribution is 2.05. The number of piperidine rings is 1. The molecular weight excluding hydrogens is 172 g/mol. The normalized spacial score (nSPS) is 26.4. The Labute approximate surface area is 88.2 Å². The van der Waals surface area contributed by atoms with Gasteiger partial charge in [0.15, 0.2) is 0 Å². The molecule has 0 aromatic carbocycles. The van der Waals surface area contributed by atoms with Gasteiger partial charge in [0.1, 0.15) is 0 Å². The third-order valence-corrected chi connectivity index (χ3v) is 2.92. The Hall–Kier alpha value is -0.370. The summed E-state index contributed by atoms with van der Waals surface area (Å²) in [6.45, 7) is 6.74. The first-order valence-corrected chi connectivity index (χ1v) is 6.08. The molecule has 1 atom stereocenters. The fraction of sp³-hybridized carbons (Fsp3) is 0.917. The van der Waals surface area contributed by atoms with E-state index in [4.69, 9.17) is 0 Å². The van der Waals surface area contributed by atoms with Crippen molar-refractivity contribution in [2.24, 2.45) is 4.99 Å². The van der Waals surface area contributed by atoms with Gasteiger partial charge in [-0.15, -0.1) is 0 Å². The van der Waals surface area contributed by atoms with Crippen LogP contribution in [0, 0.1) is 0 Å². The Bertz CT molecular complexity index is 169. The van der Waals surface area contributed by atoms with Gasteiger partial charge in [0, 0.05) is 18.3 Å². The third-order valence-electron chi connectivity index (χ3n) is 2.92. The zero-order chi connectivity index (χ0) is 10.2. The van der Waals surface area contributed by atoms with E-state index in [1.807, 2.05) is 0 Å². The summed E-state index contributed by atoms with van der Waals surface area (Å²) >= 11 is 0. The monoisotopic (exact) mass is 196 g/mol. The molecule has 1 saturated heterocycles. The lowest BCUT2D eigenvalue weighted by molar-refractivity contribution is 0.425. The van der Waals surface area contributed by atoms with Crippen LogP contribution in [0.15, 0.2) is 4.99 Å². The zero-order valence-electron chi connectivity index (χ0n) is 9.68. The molecule has 0 aromatic rings. The molecule has 0 saturated carbocycles. The van der Waals surface area contributed by atoms with E-state index >= 15 is 0 Å². The average molecular weight is 196 g/mol. The SMILES string of the molecule is CCC1=NCCC1.C[C@H]1CCCCN1. The smallest absolute Gasteiger partial charge is 0.0392 e. The van der Waals surface area contributed by atoms with Crippen LogP contribution >= 0.6 is 0 Å². The van der Waals surface area contributed by atoms with Crippen molar-refractivity contribution in [1.82, 2.24) is 5.32 Å². The first-order valence-electron chi connectivity index (χ1n) is 6.08. The molecule has 0 spiro atoms. The van der Waals surface area contributed by atoms with Crippen molar-refractivity contribution < 1.29 is 0 Å². The highest BCUT2D eigenvalue weighted by atomic mass is 14.9. The van der Waals surface area contributed by atoms with Crippen LogP contribution in [-0.2, 0) is 0 Å². The van der Waals surface area contributed by atoms with Crippen molar-refractivity contribution >= 4 is 5.71 Å². The van der Waals surface area contributed by atoms with Gasteiger partial charge in [-0.1, -0.05) is 13.3 Å². The maximum Gasteiger partial charge on any atom is 0.0392 e. The molecule has 2 nitrogen and oxygen atoms in total. The van der Waals surface area contributed by atoms with Crippen molar-refractivity contribution in [1.29, 1.82) is 0 Å². The molecule has 2 heterocycles. The van der Waals surface area contributed by atoms with Crippen LogP contribution in [0.1, 0.15) is 52.4 Å². The molecular formula is C12H24N2. The third kappa shape index (κ3) is 4.75. The molecule has 2 heteroatoms. The second-order valence-corrected chi connectivity index (χ2v) is 4.26. The molecule has 14 heavy (non-hydrogen) atoms. The Balaban J connectivity index is 0.000000140. The maximum absolute atomic E-state index is 4.27. The summed E-state index contributed by atoms with van der Waals surface area (Å²) in [4.78, 5) is 4.27. The number of hydrogen-bond donors (Lipinski definition) is 1. The second kappa shape index (κ2) is 6.99. The van der Waals surface area contributed by atoms with Gasteiger partial charge in [0.25, 0.3) is 0 Å². The topological polar surface area (TPSA) is 24.4 Å². The standard InChI is InChI=1S/C6H13N.C6H11N/c1-6-4-2-3-5-7-6;1-2-6-4-3-5-7-6/h6-7H,2-5H2,1H3;2-5H2,1H3/t6-;/m0./s1. The van der Waals surface area contributed by atoms with E-state index in [9.17, 15) is 0 Å². The summed E-state index contributed by atoms with van der Waals surface area (Å²) in [5.74, 6) is 0. The van der Waals surface area contributed by atoms with Crippen LogP contribution in [0.5, 0.6) is 0 Å². The first-order chi connectivity index (χ1) is 6.83. The van der Waals surface area contributed by atoms with Crippen LogP contribution in [-0.4, -0.2) is 24.8 Å². The lowest BCUT2D eigenvalue weighted by atomic mass is 10.1. The fourth-order valence-electron chi connectivity index (χ4n) is 1.91. The van der Waals surface area contributed by atoms with Gasteiger partial charge in [0.05, 0.1) is 0 Å². The highest BCUT2D eigenvalue weighted by Gasteiger charge is 2.04. The number of rotatable bonds is 1. The van der Waals surface area contributed by atoms with E-state index in [1.165, 1.54) is 50.8 Å². The molecule has 0 radical (unpaired) electrons. The largest absolute Gasteiger partial charge is 0.314 e. The predicted octanol–water partition coefficient (Wildman–Crippen LogP) is 2.78. The van der Waals surface area contributed by atoms with Crippen molar-refractivity contribution in [3.05, 3.63) is 0 Å². The molecule has 2 aliphatic rings. The molecule has 1 fully saturated rings. The fourth-order valence-corrected chi connectivity index (χ4v) is 1.91. The highest BCUT2D eigenvalue weighted by molar-refractivity contribution is 5.85. The van der Waals surface area contributed by atoms with E-state index in [2.05, 4.69) is 24.2 Å². The molecule has 0 unspecified atom stereocenters. The van der Waals surface area contributed by atoms with Crippen LogP contribution in [0.2, 0.25) is 0 Å². The van der Waals surface area contributed by atoms with E-state index in [1.54, 1.807) is 0 Å². The zero-order valence-corrected chi connectivity index (χ0v) is 9.68. The summed E-state index contributed by atoms with van der Waals surface area (Å²) in [7, 11) is 0. The van der Waals surface area contributed by atoms with Crippen LogP contribution in [0.25, 0.3) is 0 Å². The summed E-state index contributed by atoms with van der Waals surface area (Å²) in [6.07, 6.45) is 7.90. The lowest BCUT2D eigenvalue weighted by Crippen LogP contribution is -2.30. The quantitative estimate of drug-likeness (QED) is 0.685. The minimum Gasteiger partial charge on any atom is -0.314 e. The van der Waals surface area contributed by atoms with E-state index < -0.39 is 0 Å². The Kier molecular flexibility index (Phi) is 5.85. The van der Waals surface area contributed by atoms with Gasteiger partial charge < -0.3 is 5.32 Å². The van der Waals surface area contributed by atoms with E-state index in [-0.39, 0.29) is 0 Å². The number of nitrogens with one attached hydrogen (secondary N) is 1. The lowest BCUT2D eigenvalue weighted by Gasteiger charge is -2.18. The van der Waals surface area contributed by atoms with Gasteiger partial charge >= 0.3 is 0 Å². The van der Waals surface area contributed by atoms with Crippen LogP contribution < -0.4 is 5.32 Å². The Morgan fingerprint density at radius 3 is 2.50 bits per heavy atom. The van der Waals surface area contributed by atoms with Crippen LogP contribution in [0.3, 0.4) is 0 Å². The molecule has 0 aromatic heterocycles. The average Bonchev–Trinajstić information content (AvgIpc) is 2.72. The second-order valence-electron chi connectivity index (χ2n) is 4.26. The van der Waals surface area contributed by atoms with Crippen molar-refractivity contribution in [2.75, 3.05) is 13.1 Å². The Morgan fingerprint density at radius 1 is 1.36 bits per heavy atom. The van der Waals surface area contributed by atoms with Crippen molar-refractivity contribution in [3.63, 3.8) is 0 Å². The van der Waals surface area contributed by atoms with Crippen LogP contribution in [0.4, 0.5) is 0 Å². The molecule has 0 aliphatic carbocycles. The molecule has 0 bridgehead atoms. The van der Waals surface area contributed by atoms with Crippen molar-refractivity contribution in [2.45, 2.75) is 58.4 Å². The summed E-state index contributed by atoms with van der Waals surface area (Å²) in [6, 6.07) is 0.786. The van der Waals surface area contributed by atoms with Gasteiger partial charge in [-0.05, 0) is 45.6 Å². The molecule has 2 aliphatic heterocycles. The number of aliphatic imine (C=N–C) groups is 1. The van der Waals surface area contributed by atoms with Gasteiger partial charge in [-0.2, -0.15) is 0 Å².